The smallest absolute Gasteiger partial charge is 0.108 e. The first-order chi connectivity index (χ1) is 6.31. The Balaban J connectivity index is 3.00. The average Bonchev–Trinajstić information content (AvgIpc) is 2.19. The summed E-state index contributed by atoms with van der Waals surface area (Å²) in [5, 5.41) is 6.14. The highest BCUT2D eigenvalue weighted by Gasteiger charge is 2.00. The first kappa shape index (κ1) is 9.71. The lowest BCUT2D eigenvalue weighted by Gasteiger charge is -2.08. The van der Waals surface area contributed by atoms with Gasteiger partial charge in [0.15, 0.2) is 0 Å². The Labute approximate surface area is 78.1 Å². The summed E-state index contributed by atoms with van der Waals surface area (Å²) in [7, 11) is 0. The molecule has 1 N–H and O–H groups in total. The average molecular weight is 178 g/mol. The van der Waals surface area contributed by atoms with Crippen molar-refractivity contribution in [2.75, 3.05) is 11.9 Å². The van der Waals surface area contributed by atoms with Gasteiger partial charge in [0.1, 0.15) is 5.69 Å². The number of rotatable bonds is 4. The zero-order valence-corrected chi connectivity index (χ0v) is 8.00. The van der Waals surface area contributed by atoms with Crippen molar-refractivity contribution >= 4 is 11.4 Å². The van der Waals surface area contributed by atoms with Gasteiger partial charge < -0.3 is 5.32 Å². The van der Waals surface area contributed by atoms with Gasteiger partial charge in [-0.2, -0.15) is 0 Å². The number of nitrogens with zero attached hydrogens (tertiary/aromatic N) is 1. The maximum Gasteiger partial charge on any atom is 0.108 e. The summed E-state index contributed by atoms with van der Waals surface area (Å²) >= 11 is 0. The third kappa shape index (κ3) is 2.28. The van der Waals surface area contributed by atoms with Crippen LogP contribution in [0, 0.1) is 4.91 Å². The topological polar surface area (TPSA) is 41.5 Å². The monoisotopic (exact) mass is 178 g/mol. The van der Waals surface area contributed by atoms with Gasteiger partial charge >= 0.3 is 0 Å². The van der Waals surface area contributed by atoms with Gasteiger partial charge in [-0.3, -0.25) is 0 Å². The molecule has 1 aromatic carbocycles. The van der Waals surface area contributed by atoms with Crippen molar-refractivity contribution in [3.63, 3.8) is 0 Å². The van der Waals surface area contributed by atoms with E-state index in [1.54, 1.807) is 6.07 Å². The molecule has 1 aromatic rings. The maximum atomic E-state index is 10.3. The Kier molecular flexibility index (Phi) is 3.43. The Morgan fingerprint density at radius 3 is 2.69 bits per heavy atom. The standard InChI is InChI=1S/C10H14N2O/c1-3-8-7-9(12-13)5-6-10(8)11-4-2/h5-7,11H,3-4H2,1-2H3. The van der Waals surface area contributed by atoms with E-state index < -0.39 is 0 Å². The molecule has 0 heterocycles. The number of hydrogen-bond acceptors (Lipinski definition) is 3. The van der Waals surface area contributed by atoms with Crippen LogP contribution in [-0.2, 0) is 6.42 Å². The second-order valence-electron chi connectivity index (χ2n) is 2.82. The summed E-state index contributed by atoms with van der Waals surface area (Å²) in [5.41, 5.74) is 2.73. The zero-order valence-electron chi connectivity index (χ0n) is 8.00. The molecular formula is C10H14N2O. The van der Waals surface area contributed by atoms with Crippen LogP contribution in [0.25, 0.3) is 0 Å². The summed E-state index contributed by atoms with van der Waals surface area (Å²) in [6.45, 7) is 5.00. The highest BCUT2D eigenvalue weighted by molar-refractivity contribution is 5.57. The summed E-state index contributed by atoms with van der Waals surface area (Å²) in [6.07, 6.45) is 0.908. The first-order valence-electron chi connectivity index (χ1n) is 4.52. The lowest BCUT2D eigenvalue weighted by molar-refractivity contribution is 1.11. The Hall–Kier alpha value is -1.38. The van der Waals surface area contributed by atoms with E-state index >= 15 is 0 Å². The second-order valence-corrected chi connectivity index (χ2v) is 2.82. The molecule has 3 heteroatoms. The van der Waals surface area contributed by atoms with Crippen LogP contribution >= 0.6 is 0 Å². The molecule has 0 amide bonds. The lowest BCUT2D eigenvalue weighted by Crippen LogP contribution is -1.99. The molecule has 3 nitrogen and oxygen atoms in total. The molecule has 0 spiro atoms. The second kappa shape index (κ2) is 4.60. The number of benzene rings is 1. The molecule has 0 aliphatic heterocycles. The normalized spacial score (nSPS) is 9.69. The number of aryl methyl sites for hydroxylation is 1. The van der Waals surface area contributed by atoms with Gasteiger partial charge in [-0.05, 0) is 42.3 Å². The van der Waals surface area contributed by atoms with Gasteiger partial charge in [-0.1, -0.05) is 6.92 Å². The summed E-state index contributed by atoms with van der Waals surface area (Å²) in [4.78, 5) is 10.3. The highest BCUT2D eigenvalue weighted by atomic mass is 16.3. The van der Waals surface area contributed by atoms with Gasteiger partial charge in [0.25, 0.3) is 0 Å². The fourth-order valence-electron chi connectivity index (χ4n) is 1.29. The minimum Gasteiger partial charge on any atom is -0.385 e. The van der Waals surface area contributed by atoms with E-state index in [9.17, 15) is 4.91 Å². The van der Waals surface area contributed by atoms with Crippen LogP contribution in [0.5, 0.6) is 0 Å². The maximum absolute atomic E-state index is 10.3. The minimum absolute atomic E-state index is 0.499. The minimum atomic E-state index is 0.499. The zero-order chi connectivity index (χ0) is 9.68. The van der Waals surface area contributed by atoms with E-state index in [2.05, 4.69) is 17.4 Å². The number of hydrogen-bond donors (Lipinski definition) is 1. The van der Waals surface area contributed by atoms with Gasteiger partial charge in [0.05, 0.1) is 0 Å². The van der Waals surface area contributed by atoms with E-state index in [1.165, 1.54) is 0 Å². The van der Waals surface area contributed by atoms with E-state index in [1.807, 2.05) is 19.1 Å². The van der Waals surface area contributed by atoms with Crippen molar-refractivity contribution in [2.45, 2.75) is 20.3 Å². The SMILES string of the molecule is CCNc1ccc(N=O)cc1CC. The number of nitrogens with one attached hydrogen (secondary N) is 1. The molecule has 0 aliphatic carbocycles. The fraction of sp³-hybridized carbons (Fsp3) is 0.400. The third-order valence-corrected chi connectivity index (χ3v) is 1.94. The van der Waals surface area contributed by atoms with Crippen molar-refractivity contribution in [1.82, 2.24) is 0 Å². The van der Waals surface area contributed by atoms with Gasteiger partial charge in [0.2, 0.25) is 0 Å². The predicted molar refractivity (Wildman–Crippen MR) is 55.4 cm³/mol. The van der Waals surface area contributed by atoms with Gasteiger partial charge in [-0.25, -0.2) is 0 Å². The van der Waals surface area contributed by atoms with Crippen LogP contribution in [0.2, 0.25) is 0 Å². The molecule has 0 fully saturated rings. The van der Waals surface area contributed by atoms with Crippen LogP contribution in [0.15, 0.2) is 23.4 Å². The van der Waals surface area contributed by atoms with Crippen molar-refractivity contribution in [2.24, 2.45) is 5.18 Å². The Morgan fingerprint density at radius 2 is 2.15 bits per heavy atom. The van der Waals surface area contributed by atoms with Gasteiger partial charge in [0, 0.05) is 12.2 Å². The summed E-state index contributed by atoms with van der Waals surface area (Å²) < 4.78 is 0. The van der Waals surface area contributed by atoms with Gasteiger partial charge in [-0.15, -0.1) is 4.91 Å². The number of nitroso groups, excluding NO2 is 1. The quantitative estimate of drug-likeness (QED) is 0.720. The van der Waals surface area contributed by atoms with Crippen molar-refractivity contribution in [3.8, 4) is 0 Å². The molecule has 0 aliphatic rings. The van der Waals surface area contributed by atoms with Crippen molar-refractivity contribution in [3.05, 3.63) is 28.7 Å². The van der Waals surface area contributed by atoms with Crippen LogP contribution in [0.3, 0.4) is 0 Å². The van der Waals surface area contributed by atoms with E-state index in [0.717, 1.165) is 24.2 Å². The molecule has 0 aromatic heterocycles. The molecule has 13 heavy (non-hydrogen) atoms. The highest BCUT2D eigenvalue weighted by Crippen LogP contribution is 2.22. The van der Waals surface area contributed by atoms with E-state index in [4.69, 9.17) is 0 Å². The fourth-order valence-corrected chi connectivity index (χ4v) is 1.29. The van der Waals surface area contributed by atoms with Crippen LogP contribution in [0.4, 0.5) is 11.4 Å². The molecule has 1 rings (SSSR count). The Morgan fingerprint density at radius 1 is 1.38 bits per heavy atom. The molecule has 0 saturated heterocycles. The molecular weight excluding hydrogens is 164 g/mol. The van der Waals surface area contributed by atoms with Crippen LogP contribution in [0.1, 0.15) is 19.4 Å². The summed E-state index contributed by atoms with van der Waals surface area (Å²) in [5.74, 6) is 0. The molecule has 0 radical (unpaired) electrons. The Bertz CT molecular complexity index is 297. The van der Waals surface area contributed by atoms with E-state index in [-0.39, 0.29) is 0 Å². The largest absolute Gasteiger partial charge is 0.385 e. The number of anilines is 1. The molecule has 70 valence electrons. The van der Waals surface area contributed by atoms with Crippen LogP contribution < -0.4 is 5.32 Å². The first-order valence-corrected chi connectivity index (χ1v) is 4.52. The summed E-state index contributed by atoms with van der Waals surface area (Å²) in [6, 6.07) is 5.45. The molecule has 0 saturated carbocycles. The third-order valence-electron chi connectivity index (χ3n) is 1.94. The van der Waals surface area contributed by atoms with Crippen molar-refractivity contribution < 1.29 is 0 Å². The van der Waals surface area contributed by atoms with E-state index in [0.29, 0.717) is 5.69 Å². The molecule has 0 atom stereocenters. The van der Waals surface area contributed by atoms with Crippen LogP contribution in [-0.4, -0.2) is 6.54 Å². The molecule has 0 unspecified atom stereocenters. The molecule has 0 bridgehead atoms. The van der Waals surface area contributed by atoms with Crippen molar-refractivity contribution in [1.29, 1.82) is 0 Å². The lowest BCUT2D eigenvalue weighted by atomic mass is 10.1. The predicted octanol–water partition coefficient (Wildman–Crippen LogP) is 3.08.